The van der Waals surface area contributed by atoms with E-state index < -0.39 is 0 Å². The van der Waals surface area contributed by atoms with Gasteiger partial charge in [0.15, 0.2) is 0 Å². The summed E-state index contributed by atoms with van der Waals surface area (Å²) in [6, 6.07) is 0. The molecule has 0 saturated carbocycles. The van der Waals surface area contributed by atoms with Gasteiger partial charge in [0.2, 0.25) is 0 Å². The highest BCUT2D eigenvalue weighted by Crippen LogP contribution is 2.35. The van der Waals surface area contributed by atoms with Crippen LogP contribution in [0.3, 0.4) is 0 Å². The second kappa shape index (κ2) is 6.83. The lowest BCUT2D eigenvalue weighted by Crippen LogP contribution is -2.32. The number of nitrogens with one attached hydrogen (secondary N) is 1. The number of aromatic amines is 1. The molecule has 124 valence electrons. The molecule has 23 heavy (non-hydrogen) atoms. The van der Waals surface area contributed by atoms with Crippen molar-refractivity contribution in [2.24, 2.45) is 0 Å². The number of carbonyl (C=O) groups is 1. The van der Waals surface area contributed by atoms with Gasteiger partial charge in [0.1, 0.15) is 0 Å². The third-order valence-corrected chi connectivity index (χ3v) is 5.51. The first kappa shape index (κ1) is 16.2. The van der Waals surface area contributed by atoms with Crippen molar-refractivity contribution in [3.05, 3.63) is 33.0 Å². The third-order valence-electron chi connectivity index (χ3n) is 4.47. The van der Waals surface area contributed by atoms with Crippen molar-refractivity contribution < 1.29 is 4.79 Å². The molecular weight excluding hydrogens is 308 g/mol. The minimum atomic E-state index is 0.0567. The number of likely N-dealkylation sites (N-methyl/N-ethyl adjacent to an activating group) is 1. The Morgan fingerprint density at radius 1 is 1.52 bits per heavy atom. The van der Waals surface area contributed by atoms with E-state index in [1.165, 1.54) is 17.0 Å². The van der Waals surface area contributed by atoms with Gasteiger partial charge in [-0.3, -0.25) is 9.89 Å². The molecule has 0 saturated heterocycles. The van der Waals surface area contributed by atoms with Gasteiger partial charge in [-0.1, -0.05) is 13.3 Å². The highest BCUT2D eigenvalue weighted by atomic mass is 32.1. The Balaban J connectivity index is 1.73. The molecule has 5 nitrogen and oxygen atoms in total. The van der Waals surface area contributed by atoms with E-state index in [4.69, 9.17) is 4.98 Å². The Hall–Kier alpha value is -1.69. The molecule has 1 atom stereocenters. The zero-order valence-corrected chi connectivity index (χ0v) is 14.9. The smallest absolute Gasteiger partial charge is 0.257 e. The van der Waals surface area contributed by atoms with Gasteiger partial charge in [-0.05, 0) is 32.6 Å². The number of H-pyrrole nitrogens is 1. The molecule has 6 heteroatoms. The van der Waals surface area contributed by atoms with Gasteiger partial charge in [0, 0.05) is 30.1 Å². The van der Waals surface area contributed by atoms with Crippen LogP contribution < -0.4 is 0 Å². The fraction of sp³-hybridized carbons (Fsp3) is 0.588. The molecule has 0 radical (unpaired) electrons. The summed E-state index contributed by atoms with van der Waals surface area (Å²) < 4.78 is 0. The van der Waals surface area contributed by atoms with Crippen LogP contribution in [-0.4, -0.2) is 39.6 Å². The predicted octanol–water partition coefficient (Wildman–Crippen LogP) is 3.32. The Labute approximate surface area is 141 Å². The molecule has 0 bridgehead atoms. The third kappa shape index (κ3) is 3.32. The minimum Gasteiger partial charge on any atom is -0.341 e. The molecular formula is C17H24N4OS. The lowest BCUT2D eigenvalue weighted by atomic mass is 9.90. The number of fused-ring (bicyclic) bond motifs is 1. The molecule has 0 aromatic carbocycles. The van der Waals surface area contributed by atoms with Crippen LogP contribution in [0.4, 0.5) is 0 Å². The maximum absolute atomic E-state index is 12.7. The largest absolute Gasteiger partial charge is 0.341 e. The molecule has 3 rings (SSSR count). The molecule has 0 fully saturated rings. The Kier molecular flexibility index (Phi) is 4.80. The van der Waals surface area contributed by atoms with Crippen molar-refractivity contribution in [3.63, 3.8) is 0 Å². The molecule has 1 amide bonds. The van der Waals surface area contributed by atoms with Crippen LogP contribution in [0.25, 0.3) is 0 Å². The van der Waals surface area contributed by atoms with Gasteiger partial charge in [-0.15, -0.1) is 11.3 Å². The van der Waals surface area contributed by atoms with Gasteiger partial charge >= 0.3 is 0 Å². The minimum absolute atomic E-state index is 0.0567. The molecule has 2 aromatic heterocycles. The molecule has 0 aliphatic heterocycles. The van der Waals surface area contributed by atoms with Crippen LogP contribution in [-0.2, 0) is 12.8 Å². The lowest BCUT2D eigenvalue weighted by Gasteiger charge is -2.26. The molecule has 2 aromatic rings. The van der Waals surface area contributed by atoms with Crippen LogP contribution in [0.5, 0.6) is 0 Å². The quantitative estimate of drug-likeness (QED) is 0.913. The first-order valence-electron chi connectivity index (χ1n) is 8.34. The van der Waals surface area contributed by atoms with Gasteiger partial charge in [0.25, 0.3) is 5.91 Å². The van der Waals surface area contributed by atoms with Crippen molar-refractivity contribution in [2.75, 3.05) is 13.6 Å². The summed E-state index contributed by atoms with van der Waals surface area (Å²) in [7, 11) is 1.89. The van der Waals surface area contributed by atoms with Gasteiger partial charge < -0.3 is 4.90 Å². The van der Waals surface area contributed by atoms with Crippen LogP contribution in [0.15, 0.2) is 6.20 Å². The van der Waals surface area contributed by atoms with E-state index >= 15 is 0 Å². The Bertz CT molecular complexity index is 691. The van der Waals surface area contributed by atoms with Crippen molar-refractivity contribution in [1.82, 2.24) is 20.1 Å². The highest BCUT2D eigenvalue weighted by molar-refractivity contribution is 7.11. The zero-order chi connectivity index (χ0) is 16.4. The number of nitrogens with zero attached hydrogens (tertiary/aromatic N) is 3. The first-order chi connectivity index (χ1) is 11.1. The zero-order valence-electron chi connectivity index (χ0n) is 14.1. The Morgan fingerprint density at radius 2 is 2.35 bits per heavy atom. The van der Waals surface area contributed by atoms with E-state index in [-0.39, 0.29) is 5.91 Å². The molecule has 1 aliphatic rings. The molecule has 0 unspecified atom stereocenters. The van der Waals surface area contributed by atoms with Gasteiger partial charge in [0.05, 0.1) is 22.5 Å². The van der Waals surface area contributed by atoms with Crippen molar-refractivity contribution in [3.8, 4) is 0 Å². The van der Waals surface area contributed by atoms with E-state index in [1.54, 1.807) is 17.5 Å². The number of rotatable bonds is 5. The molecule has 1 N–H and O–H groups in total. The van der Waals surface area contributed by atoms with Crippen molar-refractivity contribution in [2.45, 2.75) is 51.9 Å². The summed E-state index contributed by atoms with van der Waals surface area (Å²) in [6.07, 6.45) is 6.94. The van der Waals surface area contributed by atoms with Crippen LogP contribution in [0.2, 0.25) is 0 Å². The van der Waals surface area contributed by atoms with Crippen LogP contribution >= 0.6 is 11.3 Å². The first-order valence-corrected chi connectivity index (χ1v) is 9.15. The monoisotopic (exact) mass is 332 g/mol. The maximum atomic E-state index is 12.7. The average molecular weight is 332 g/mol. The average Bonchev–Trinajstić information content (AvgIpc) is 3.13. The van der Waals surface area contributed by atoms with Crippen molar-refractivity contribution in [1.29, 1.82) is 0 Å². The van der Waals surface area contributed by atoms with E-state index in [9.17, 15) is 4.79 Å². The number of aromatic nitrogens is 3. The fourth-order valence-corrected chi connectivity index (χ4v) is 4.43. The Morgan fingerprint density at radius 3 is 3.13 bits per heavy atom. The number of amides is 1. The van der Waals surface area contributed by atoms with Crippen LogP contribution in [0.1, 0.15) is 63.7 Å². The second-order valence-corrected chi connectivity index (χ2v) is 7.62. The standard InChI is InChI=1S/C17H24N4OS/c1-4-6-14-13(9-18-20-14)17(22)21(3)10-12-7-5-8-15-16(12)19-11(2)23-15/h9,12H,4-8,10H2,1-3H3,(H,18,20)/t12-/m1/s1. The normalized spacial score (nSPS) is 17.1. The second-order valence-electron chi connectivity index (χ2n) is 6.33. The van der Waals surface area contributed by atoms with Gasteiger partial charge in [-0.2, -0.15) is 5.10 Å². The predicted molar refractivity (Wildman–Crippen MR) is 92.1 cm³/mol. The van der Waals surface area contributed by atoms with Crippen LogP contribution in [0, 0.1) is 6.92 Å². The number of aryl methyl sites for hydroxylation is 3. The SMILES string of the molecule is CCCc1[nH]ncc1C(=O)N(C)C[C@H]1CCCc2sc(C)nc21. The summed E-state index contributed by atoms with van der Waals surface area (Å²) >= 11 is 1.81. The summed E-state index contributed by atoms with van der Waals surface area (Å²) in [4.78, 5) is 20.7. The molecule has 0 spiro atoms. The summed E-state index contributed by atoms with van der Waals surface area (Å²) in [5, 5.41) is 8.14. The number of carbonyl (C=O) groups excluding carboxylic acids is 1. The number of hydrogen-bond donors (Lipinski definition) is 1. The number of thiazole rings is 1. The fourth-order valence-electron chi connectivity index (χ4n) is 3.36. The summed E-state index contributed by atoms with van der Waals surface area (Å²) in [5.41, 5.74) is 2.87. The summed E-state index contributed by atoms with van der Waals surface area (Å²) in [6.45, 7) is 4.90. The van der Waals surface area contributed by atoms with E-state index in [0.717, 1.165) is 42.9 Å². The number of hydrogen-bond acceptors (Lipinski definition) is 4. The highest BCUT2D eigenvalue weighted by Gasteiger charge is 2.27. The van der Waals surface area contributed by atoms with E-state index in [0.29, 0.717) is 11.5 Å². The topological polar surface area (TPSA) is 61.9 Å². The molecule has 1 aliphatic carbocycles. The van der Waals surface area contributed by atoms with E-state index in [2.05, 4.69) is 24.0 Å². The molecule has 2 heterocycles. The summed E-state index contributed by atoms with van der Waals surface area (Å²) in [5.74, 6) is 0.417. The van der Waals surface area contributed by atoms with Gasteiger partial charge in [-0.25, -0.2) is 4.98 Å². The lowest BCUT2D eigenvalue weighted by molar-refractivity contribution is 0.0782. The van der Waals surface area contributed by atoms with E-state index in [1.807, 2.05) is 11.9 Å². The van der Waals surface area contributed by atoms with Crippen molar-refractivity contribution >= 4 is 17.2 Å². The maximum Gasteiger partial charge on any atom is 0.257 e.